The standard InChI is InChI=1S/8C7H13N2.4FH2O3P/c8*1-3-8-5-6-9(4-2)7-8;4*1-5(2,3)4/h8*5-7H,3-4H2,1-2H3;4*(H2,2,3,4)/q8*+1;;;;/p-8. The molecule has 0 amide bonds. The van der Waals surface area contributed by atoms with Gasteiger partial charge in [-0.1, -0.05) is 0 Å². The molecule has 8 rings (SSSR count). The van der Waals surface area contributed by atoms with Crippen molar-refractivity contribution in [2.75, 3.05) is 0 Å². The van der Waals surface area contributed by atoms with Gasteiger partial charge < -0.3 is 57.4 Å². The molecule has 0 N–H and O–H groups in total. The van der Waals surface area contributed by atoms with E-state index in [0.29, 0.717) is 0 Å². The number of hydrogen-bond acceptors (Lipinski definition) is 12. The molecular formula is C56H104F4N16O12P4. The van der Waals surface area contributed by atoms with Gasteiger partial charge in [-0.05, 0) is 111 Å². The van der Waals surface area contributed by atoms with E-state index in [1.807, 2.05) is 0 Å². The Balaban J connectivity index is -0.000000463. The van der Waals surface area contributed by atoms with E-state index >= 15 is 0 Å². The second-order valence-electron chi connectivity index (χ2n) is 18.3. The predicted octanol–water partition coefficient (Wildman–Crippen LogP) is 1.66. The van der Waals surface area contributed by atoms with Gasteiger partial charge >= 0.3 is 0 Å². The zero-order valence-electron chi connectivity index (χ0n) is 56.5. The van der Waals surface area contributed by atoms with Crippen molar-refractivity contribution in [1.29, 1.82) is 0 Å². The highest BCUT2D eigenvalue weighted by Crippen LogP contribution is 2.23. The summed E-state index contributed by atoms with van der Waals surface area (Å²) >= 11 is 0. The predicted molar refractivity (Wildman–Crippen MR) is 323 cm³/mol. The van der Waals surface area contributed by atoms with E-state index in [9.17, 15) is 16.8 Å². The lowest BCUT2D eigenvalue weighted by molar-refractivity contribution is -0.693. The van der Waals surface area contributed by atoms with Crippen LogP contribution in [0.4, 0.5) is 16.8 Å². The highest BCUT2D eigenvalue weighted by atomic mass is 31.2. The van der Waals surface area contributed by atoms with Crippen LogP contribution in [-0.4, -0.2) is 36.5 Å². The SMILES string of the molecule is CCn1cc[n+](CC)c1.CCn1cc[n+](CC)c1.CCn1cc[n+](CC)c1.CCn1cc[n+](CC)c1.CCn1cc[n+](CC)c1.CCn1cc[n+](CC)c1.CCn1cc[n+](CC)c1.CCn1cc[n+](CC)c1.O=P([O-])([O-])F.O=P([O-])([O-])F.O=P([O-])([O-])F.O=P([O-])([O-])F. The molecule has 8 aromatic rings. The molecule has 0 unspecified atom stereocenters. The zero-order valence-corrected chi connectivity index (χ0v) is 60.1. The van der Waals surface area contributed by atoms with Gasteiger partial charge in [-0.25, -0.2) is 89.9 Å². The number of aromatic nitrogens is 16. The zero-order chi connectivity index (χ0) is 71.5. The van der Waals surface area contributed by atoms with Gasteiger partial charge in [0.05, 0.1) is 105 Å². The van der Waals surface area contributed by atoms with E-state index in [1.54, 1.807) is 0 Å². The molecule has 0 spiro atoms. The molecular weight excluding hydrogens is 1290 g/mol. The molecule has 0 aliphatic carbocycles. The number of rotatable bonds is 16. The second kappa shape index (κ2) is 53.4. The molecule has 8 heterocycles. The van der Waals surface area contributed by atoms with Gasteiger partial charge in [-0.15, -0.1) is 0 Å². The van der Waals surface area contributed by atoms with E-state index in [-0.39, 0.29) is 0 Å². The largest absolute Gasteiger partial charge is 0.786 e. The first-order valence-electron chi connectivity index (χ1n) is 30.2. The Kier molecular flexibility index (Phi) is 53.6. The van der Waals surface area contributed by atoms with E-state index in [0.717, 1.165) is 105 Å². The minimum Gasteiger partial charge on any atom is -0.786 e. The van der Waals surface area contributed by atoms with Gasteiger partial charge in [0, 0.05) is 0 Å². The molecule has 0 atom stereocenters. The molecule has 0 aliphatic rings. The van der Waals surface area contributed by atoms with Crippen LogP contribution in [0.1, 0.15) is 111 Å². The van der Waals surface area contributed by atoms with Crippen LogP contribution in [0.15, 0.2) is 150 Å². The van der Waals surface area contributed by atoms with Crippen molar-refractivity contribution in [3.8, 4) is 0 Å². The molecule has 36 heteroatoms. The summed E-state index contributed by atoms with van der Waals surface area (Å²) in [6, 6.07) is 0. The third-order valence-electron chi connectivity index (χ3n) is 11.8. The maximum Gasteiger partial charge on any atom is 0.243 e. The van der Waals surface area contributed by atoms with Crippen LogP contribution >= 0.6 is 31.6 Å². The minimum absolute atomic E-state index is 1.06. The Labute approximate surface area is 542 Å². The van der Waals surface area contributed by atoms with Gasteiger partial charge in [0.1, 0.15) is 131 Å². The van der Waals surface area contributed by atoms with Crippen molar-refractivity contribution in [2.45, 2.75) is 215 Å². The first-order valence-corrected chi connectivity index (χ1v) is 35.9. The number of hydrogen-bond donors (Lipinski definition) is 0. The monoisotopic (exact) mass is 1390 g/mol. The van der Waals surface area contributed by atoms with Gasteiger partial charge in [0.15, 0.2) is 0 Å². The lowest BCUT2D eigenvalue weighted by atomic mass is 10.7. The molecule has 0 saturated heterocycles. The van der Waals surface area contributed by atoms with E-state index in [1.165, 1.54) is 0 Å². The summed E-state index contributed by atoms with van der Waals surface area (Å²) < 4.78 is 109. The molecule has 0 aliphatic heterocycles. The maximum absolute atomic E-state index is 10.1. The van der Waals surface area contributed by atoms with E-state index in [2.05, 4.69) is 334 Å². The fraction of sp³-hybridized carbons (Fsp3) is 0.571. The fourth-order valence-corrected chi connectivity index (χ4v) is 6.50. The summed E-state index contributed by atoms with van der Waals surface area (Å²) in [5, 5.41) is 0. The number of aryl methyl sites for hydroxylation is 16. The Morgan fingerprint density at radius 2 is 0.304 bits per heavy atom. The summed E-state index contributed by atoms with van der Waals surface area (Å²) in [5.74, 6) is 0. The van der Waals surface area contributed by atoms with Crippen LogP contribution in [0.3, 0.4) is 0 Å². The maximum atomic E-state index is 10.1. The summed E-state index contributed by atoms with van der Waals surface area (Å²) in [5.41, 5.74) is 0. The molecule has 8 aromatic heterocycles. The van der Waals surface area contributed by atoms with Crippen molar-refractivity contribution in [3.05, 3.63) is 150 Å². The molecule has 28 nitrogen and oxygen atoms in total. The first kappa shape index (κ1) is 92.4. The second-order valence-corrected chi connectivity index (χ2v) is 21.8. The number of halogens is 4. The molecule has 528 valence electrons. The topological polar surface area (TPSA) is 323 Å². The van der Waals surface area contributed by atoms with Crippen molar-refractivity contribution in [2.24, 2.45) is 0 Å². The van der Waals surface area contributed by atoms with Crippen molar-refractivity contribution >= 4 is 31.6 Å². The molecule has 0 aromatic carbocycles. The van der Waals surface area contributed by atoms with Crippen molar-refractivity contribution < 1.29 is 111 Å². The molecule has 92 heavy (non-hydrogen) atoms. The fourth-order valence-electron chi connectivity index (χ4n) is 6.50. The number of nitrogens with zero attached hydrogens (tertiary/aromatic N) is 16. The van der Waals surface area contributed by atoms with Gasteiger partial charge in [-0.2, -0.15) is 0 Å². The van der Waals surface area contributed by atoms with Gasteiger partial charge in [-0.3, -0.25) is 0 Å². The van der Waals surface area contributed by atoms with Crippen molar-refractivity contribution in [1.82, 2.24) is 36.5 Å². The normalized spacial score (nSPS) is 10.4. The van der Waals surface area contributed by atoms with Gasteiger partial charge in [0.25, 0.3) is 0 Å². The Morgan fingerprint density at radius 3 is 0.337 bits per heavy atom. The van der Waals surface area contributed by atoms with Crippen LogP contribution in [0, 0.1) is 0 Å². The smallest absolute Gasteiger partial charge is 0.243 e. The van der Waals surface area contributed by atoms with Crippen LogP contribution in [0.25, 0.3) is 0 Å². The molecule has 0 bridgehead atoms. The third kappa shape index (κ3) is 60.3. The highest BCUT2D eigenvalue weighted by molar-refractivity contribution is 7.43. The van der Waals surface area contributed by atoms with Gasteiger partial charge in [0.2, 0.25) is 50.6 Å². The van der Waals surface area contributed by atoms with Crippen LogP contribution < -0.4 is 75.7 Å². The Hall–Kier alpha value is -6.00. The molecule has 0 fully saturated rings. The van der Waals surface area contributed by atoms with Crippen LogP contribution in [-0.2, 0) is 123 Å². The summed E-state index contributed by atoms with van der Waals surface area (Å²) in [7, 11) is -22.6. The van der Waals surface area contributed by atoms with Crippen LogP contribution in [0.5, 0.6) is 0 Å². The first-order chi connectivity index (χ1) is 42.9. The Morgan fingerprint density at radius 1 is 0.228 bits per heavy atom. The highest BCUT2D eigenvalue weighted by Gasteiger charge is 2.01. The average molecular weight is 1390 g/mol. The summed E-state index contributed by atoms with van der Waals surface area (Å²) in [4.78, 5) is 67.5. The van der Waals surface area contributed by atoms with Crippen molar-refractivity contribution in [3.63, 3.8) is 0 Å². The summed E-state index contributed by atoms with van der Waals surface area (Å²) in [6.07, 6.45) is 50.3. The lowest BCUT2D eigenvalue weighted by Gasteiger charge is -2.15. The van der Waals surface area contributed by atoms with E-state index < -0.39 is 31.6 Å². The minimum atomic E-state index is -5.64. The quantitative estimate of drug-likeness (QED) is 0.0758. The average Bonchev–Trinajstić information content (AvgIpc) is 4.57. The summed E-state index contributed by atoms with van der Waals surface area (Å²) in [6.45, 7) is 51.2. The number of imidazole rings is 8. The van der Waals surface area contributed by atoms with Crippen LogP contribution in [0.2, 0.25) is 0 Å². The van der Waals surface area contributed by atoms with E-state index in [4.69, 9.17) is 57.4 Å². The lowest BCUT2D eigenvalue weighted by Crippen LogP contribution is -2.28. The molecule has 0 saturated carbocycles. The Bertz CT molecular complexity index is 2450. The third-order valence-corrected chi connectivity index (χ3v) is 11.8. The molecule has 0 radical (unpaired) electrons.